The van der Waals surface area contributed by atoms with Crippen molar-refractivity contribution in [3.8, 4) is 0 Å². The van der Waals surface area contributed by atoms with Crippen molar-refractivity contribution in [2.45, 2.75) is 102 Å². The number of carbonyl (C=O) groups is 2. The van der Waals surface area contributed by atoms with Gasteiger partial charge in [0, 0.05) is 31.0 Å². The van der Waals surface area contributed by atoms with E-state index in [9.17, 15) is 9.59 Å². The number of fused-ring (bicyclic) bond motifs is 5. The molecule has 0 spiro atoms. The SMILES string of the molecule is CN1C(=O)C=C[C@]2(C)[C@H]3CC[C@]4(CC(=O)NC5C6CC7CC(C6)CC5C7)CCC[C@H]4[C@@H]3CC[C@@H]12. The molecule has 0 radical (unpaired) electrons. The van der Waals surface area contributed by atoms with Crippen LogP contribution in [0.1, 0.15) is 90.4 Å². The first kappa shape index (κ1) is 21.9. The van der Waals surface area contributed by atoms with Gasteiger partial charge in [-0.2, -0.15) is 0 Å². The molecule has 0 saturated heterocycles. The van der Waals surface area contributed by atoms with E-state index in [0.717, 1.165) is 42.4 Å². The minimum atomic E-state index is 0.100. The molecule has 0 aromatic rings. The lowest BCUT2D eigenvalue weighted by Gasteiger charge is -2.60. The van der Waals surface area contributed by atoms with Gasteiger partial charge in [-0.1, -0.05) is 19.4 Å². The van der Waals surface area contributed by atoms with Crippen LogP contribution in [0.25, 0.3) is 0 Å². The summed E-state index contributed by atoms with van der Waals surface area (Å²) in [6.07, 6.45) is 20.5. The van der Waals surface area contributed by atoms with Crippen LogP contribution in [-0.4, -0.2) is 35.8 Å². The van der Waals surface area contributed by atoms with Gasteiger partial charge in [0.05, 0.1) is 0 Å². The molecule has 4 heteroatoms. The van der Waals surface area contributed by atoms with Crippen molar-refractivity contribution in [3.05, 3.63) is 12.2 Å². The number of amides is 2. The van der Waals surface area contributed by atoms with Crippen LogP contribution >= 0.6 is 0 Å². The van der Waals surface area contributed by atoms with Crippen LogP contribution < -0.4 is 5.32 Å². The largest absolute Gasteiger partial charge is 0.353 e. The Bertz CT molecular complexity index is 883. The zero-order valence-electron chi connectivity index (χ0n) is 21.3. The predicted molar refractivity (Wildman–Crippen MR) is 133 cm³/mol. The van der Waals surface area contributed by atoms with Crippen molar-refractivity contribution in [2.75, 3.05) is 7.05 Å². The average Bonchev–Trinajstić information content (AvgIpc) is 3.22. The Morgan fingerprint density at radius 1 is 1.00 bits per heavy atom. The van der Waals surface area contributed by atoms with Crippen LogP contribution in [0.15, 0.2) is 12.2 Å². The normalized spacial score (nSPS) is 52.8. The summed E-state index contributed by atoms with van der Waals surface area (Å²) < 4.78 is 0. The summed E-state index contributed by atoms with van der Waals surface area (Å²) in [4.78, 5) is 28.0. The van der Waals surface area contributed by atoms with E-state index in [2.05, 4.69) is 18.3 Å². The topological polar surface area (TPSA) is 49.4 Å². The van der Waals surface area contributed by atoms with Crippen LogP contribution in [0, 0.1) is 52.3 Å². The Kier molecular flexibility index (Phi) is 4.89. The van der Waals surface area contributed by atoms with E-state index in [-0.39, 0.29) is 16.7 Å². The van der Waals surface area contributed by atoms with Crippen LogP contribution in [0.5, 0.6) is 0 Å². The van der Waals surface area contributed by atoms with Gasteiger partial charge in [-0.3, -0.25) is 9.59 Å². The zero-order valence-corrected chi connectivity index (χ0v) is 21.3. The maximum Gasteiger partial charge on any atom is 0.246 e. The highest BCUT2D eigenvalue weighted by Crippen LogP contribution is 2.65. The molecule has 186 valence electrons. The van der Waals surface area contributed by atoms with E-state index in [1.54, 1.807) is 0 Å². The monoisotopic (exact) mass is 464 g/mol. The number of hydrogen-bond acceptors (Lipinski definition) is 2. The van der Waals surface area contributed by atoms with Gasteiger partial charge in [-0.15, -0.1) is 0 Å². The Balaban J connectivity index is 1.08. The van der Waals surface area contributed by atoms with E-state index in [1.165, 1.54) is 70.6 Å². The number of likely N-dealkylation sites (N-methyl/N-ethyl adjacent to an activating group) is 1. The third kappa shape index (κ3) is 3.08. The van der Waals surface area contributed by atoms with E-state index in [4.69, 9.17) is 0 Å². The maximum absolute atomic E-state index is 13.6. The van der Waals surface area contributed by atoms with Crippen LogP contribution in [0.2, 0.25) is 0 Å². The first-order chi connectivity index (χ1) is 16.4. The summed E-state index contributed by atoms with van der Waals surface area (Å²) >= 11 is 0. The third-order valence-electron chi connectivity index (χ3n) is 12.7. The minimum absolute atomic E-state index is 0.100. The highest BCUT2D eigenvalue weighted by Gasteiger charge is 2.60. The smallest absolute Gasteiger partial charge is 0.246 e. The Hall–Kier alpha value is -1.32. The molecule has 0 unspecified atom stereocenters. The first-order valence-electron chi connectivity index (χ1n) is 14.6. The van der Waals surface area contributed by atoms with Crippen LogP contribution in [0.4, 0.5) is 0 Å². The second-order valence-electron chi connectivity index (χ2n) is 14.1. The first-order valence-corrected chi connectivity index (χ1v) is 14.6. The van der Waals surface area contributed by atoms with Gasteiger partial charge in [0.25, 0.3) is 0 Å². The molecule has 4 bridgehead atoms. The lowest BCUT2D eigenvalue weighted by Crippen LogP contribution is -2.60. The molecular weight excluding hydrogens is 420 g/mol. The van der Waals surface area contributed by atoms with E-state index in [0.29, 0.717) is 29.8 Å². The van der Waals surface area contributed by atoms with Gasteiger partial charge >= 0.3 is 0 Å². The fraction of sp³-hybridized carbons (Fsp3) is 0.867. The molecule has 1 N–H and O–H groups in total. The Morgan fingerprint density at radius 2 is 1.74 bits per heavy atom. The summed E-state index contributed by atoms with van der Waals surface area (Å²) in [6, 6.07) is 0.822. The van der Waals surface area contributed by atoms with Gasteiger partial charge in [-0.05, 0) is 124 Å². The molecule has 0 aromatic carbocycles. The number of rotatable bonds is 3. The number of nitrogens with one attached hydrogen (secondary N) is 1. The maximum atomic E-state index is 13.6. The number of hydrogen-bond donors (Lipinski definition) is 1. The molecule has 2 amide bonds. The van der Waals surface area contributed by atoms with Crippen molar-refractivity contribution >= 4 is 11.8 Å². The molecule has 7 fully saturated rings. The quantitative estimate of drug-likeness (QED) is 0.614. The summed E-state index contributed by atoms with van der Waals surface area (Å²) in [7, 11) is 2.01. The summed E-state index contributed by atoms with van der Waals surface area (Å²) in [6.45, 7) is 2.43. The lowest BCUT2D eigenvalue weighted by molar-refractivity contribution is -0.141. The molecule has 7 saturated carbocycles. The molecule has 8 aliphatic rings. The van der Waals surface area contributed by atoms with Crippen molar-refractivity contribution in [1.82, 2.24) is 10.2 Å². The zero-order chi connectivity index (χ0) is 23.2. The fourth-order valence-electron chi connectivity index (χ4n) is 11.6. The Morgan fingerprint density at radius 3 is 2.47 bits per heavy atom. The summed E-state index contributed by atoms with van der Waals surface area (Å²) in [5.41, 5.74) is 0.337. The predicted octanol–water partition coefficient (Wildman–Crippen LogP) is 5.33. The van der Waals surface area contributed by atoms with Crippen molar-refractivity contribution < 1.29 is 9.59 Å². The van der Waals surface area contributed by atoms with Crippen LogP contribution in [0.3, 0.4) is 0 Å². The van der Waals surface area contributed by atoms with Gasteiger partial charge in [-0.25, -0.2) is 0 Å². The summed E-state index contributed by atoms with van der Waals surface area (Å²) in [5.74, 6) is 6.08. The Labute approximate surface area is 205 Å². The molecule has 34 heavy (non-hydrogen) atoms. The molecule has 8 rings (SSSR count). The van der Waals surface area contributed by atoms with Gasteiger partial charge < -0.3 is 10.2 Å². The van der Waals surface area contributed by atoms with E-state index >= 15 is 0 Å². The highest BCUT2D eigenvalue weighted by molar-refractivity contribution is 5.89. The number of carbonyl (C=O) groups excluding carboxylic acids is 2. The lowest BCUT2D eigenvalue weighted by atomic mass is 9.47. The van der Waals surface area contributed by atoms with Crippen molar-refractivity contribution in [3.63, 3.8) is 0 Å². The average molecular weight is 465 g/mol. The fourth-order valence-corrected chi connectivity index (χ4v) is 11.6. The molecule has 1 aliphatic heterocycles. The van der Waals surface area contributed by atoms with Gasteiger partial charge in [0.2, 0.25) is 11.8 Å². The third-order valence-corrected chi connectivity index (χ3v) is 12.7. The summed E-state index contributed by atoms with van der Waals surface area (Å²) in [5, 5.41) is 3.66. The molecule has 4 nitrogen and oxygen atoms in total. The van der Waals surface area contributed by atoms with E-state index < -0.39 is 0 Å². The van der Waals surface area contributed by atoms with Crippen LogP contribution in [-0.2, 0) is 9.59 Å². The second kappa shape index (κ2) is 7.59. The van der Waals surface area contributed by atoms with Crippen molar-refractivity contribution in [2.24, 2.45) is 52.3 Å². The molecule has 1 heterocycles. The molecule has 0 aromatic heterocycles. The highest BCUT2D eigenvalue weighted by atomic mass is 16.2. The van der Waals surface area contributed by atoms with Gasteiger partial charge in [0.1, 0.15) is 0 Å². The van der Waals surface area contributed by atoms with Gasteiger partial charge in [0.15, 0.2) is 0 Å². The minimum Gasteiger partial charge on any atom is -0.353 e. The molecule has 6 atom stereocenters. The second-order valence-corrected chi connectivity index (χ2v) is 14.1. The number of nitrogens with zero attached hydrogens (tertiary/aromatic N) is 1. The van der Waals surface area contributed by atoms with Crippen molar-refractivity contribution in [1.29, 1.82) is 0 Å². The standard InChI is InChI=1S/C30H44N2O2/c1-29-10-8-27(34)32(2)25(29)6-5-22-23(29)7-11-30(9-3-4-24(22)30)17-26(33)31-28-20-13-18-12-19(15-20)16-21(28)14-18/h8,10,18-25,28H,3-7,9,11-17H2,1-2H3,(H,31,33)/t18?,19?,20?,21?,22-,23+,24+,25-,28?,29-,30+/m1/s1. The molecule has 7 aliphatic carbocycles. The van der Waals surface area contributed by atoms with E-state index in [1.807, 2.05) is 18.0 Å². The molecular formula is C30H44N2O2.